The first kappa shape index (κ1) is 19.2. The van der Waals surface area contributed by atoms with Gasteiger partial charge in [0.25, 0.3) is 0 Å². The van der Waals surface area contributed by atoms with Gasteiger partial charge < -0.3 is 15.4 Å². The minimum atomic E-state index is 0.478. The number of hydrogen-bond donors (Lipinski definition) is 1. The first-order valence-corrected chi connectivity index (χ1v) is 10.7. The third-order valence-electron chi connectivity index (χ3n) is 6.11. The molecule has 1 saturated carbocycles. The molecule has 1 saturated heterocycles. The molecule has 0 bridgehead atoms. The number of hydrogen-bond acceptors (Lipinski definition) is 3. The average molecular weight is 409 g/mol. The first-order valence-electron chi connectivity index (χ1n) is 9.94. The van der Waals surface area contributed by atoms with Crippen LogP contribution in [-0.2, 0) is 6.42 Å². The SMILES string of the molecule is COc1ccc(Br)c(CC2CCN(CCC[C@H]3CC[C@@H](N)CC3)C2)c1. The van der Waals surface area contributed by atoms with Gasteiger partial charge in [-0.15, -0.1) is 0 Å². The Morgan fingerprint density at radius 1 is 1.16 bits per heavy atom. The van der Waals surface area contributed by atoms with Crippen LogP contribution in [0, 0.1) is 11.8 Å². The summed E-state index contributed by atoms with van der Waals surface area (Å²) in [5.74, 6) is 2.67. The molecule has 1 aliphatic heterocycles. The van der Waals surface area contributed by atoms with E-state index in [1.54, 1.807) is 7.11 Å². The second-order valence-corrected chi connectivity index (χ2v) is 8.89. The fourth-order valence-corrected chi connectivity index (χ4v) is 4.92. The summed E-state index contributed by atoms with van der Waals surface area (Å²) < 4.78 is 6.58. The van der Waals surface area contributed by atoms with Crippen LogP contribution in [0.3, 0.4) is 0 Å². The molecule has 2 aliphatic rings. The third-order valence-corrected chi connectivity index (χ3v) is 6.88. The van der Waals surface area contributed by atoms with Crippen LogP contribution < -0.4 is 10.5 Å². The van der Waals surface area contributed by atoms with Crippen LogP contribution in [0.2, 0.25) is 0 Å². The molecule has 4 heteroatoms. The summed E-state index contributed by atoms with van der Waals surface area (Å²) in [6, 6.07) is 6.79. The molecule has 2 N–H and O–H groups in total. The quantitative estimate of drug-likeness (QED) is 0.714. The average Bonchev–Trinajstić information content (AvgIpc) is 3.06. The fraction of sp³-hybridized carbons (Fsp3) is 0.714. The first-order chi connectivity index (χ1) is 12.1. The van der Waals surface area contributed by atoms with Gasteiger partial charge in [-0.1, -0.05) is 15.9 Å². The molecule has 1 aliphatic carbocycles. The second kappa shape index (κ2) is 9.38. The zero-order valence-corrected chi connectivity index (χ0v) is 17.1. The minimum absolute atomic E-state index is 0.478. The molecule has 1 unspecified atom stereocenters. The lowest BCUT2D eigenvalue weighted by molar-refractivity contribution is 0.269. The largest absolute Gasteiger partial charge is 0.497 e. The van der Waals surface area contributed by atoms with Crippen molar-refractivity contribution in [2.45, 2.75) is 57.4 Å². The maximum atomic E-state index is 6.01. The number of halogens is 1. The molecule has 0 radical (unpaired) electrons. The van der Waals surface area contributed by atoms with Gasteiger partial charge in [-0.25, -0.2) is 0 Å². The normalized spacial score (nSPS) is 27.6. The zero-order valence-electron chi connectivity index (χ0n) is 15.6. The lowest BCUT2D eigenvalue weighted by Gasteiger charge is -2.26. The van der Waals surface area contributed by atoms with Crippen LogP contribution in [0.4, 0.5) is 0 Å². The maximum absolute atomic E-state index is 6.01. The van der Waals surface area contributed by atoms with E-state index in [-0.39, 0.29) is 0 Å². The molecule has 2 fully saturated rings. The molecule has 1 atom stereocenters. The van der Waals surface area contributed by atoms with E-state index in [1.807, 2.05) is 6.07 Å². The van der Waals surface area contributed by atoms with Crippen LogP contribution in [0.25, 0.3) is 0 Å². The van der Waals surface area contributed by atoms with Crippen molar-refractivity contribution in [2.75, 3.05) is 26.7 Å². The van der Waals surface area contributed by atoms with Crippen molar-refractivity contribution in [3.8, 4) is 5.75 Å². The molecule has 3 rings (SSSR count). The zero-order chi connectivity index (χ0) is 17.6. The Kier molecular flexibility index (Phi) is 7.20. The molecular formula is C21H33BrN2O. The van der Waals surface area contributed by atoms with Gasteiger partial charge in [-0.3, -0.25) is 0 Å². The van der Waals surface area contributed by atoms with Gasteiger partial charge in [0.2, 0.25) is 0 Å². The summed E-state index contributed by atoms with van der Waals surface area (Å²) in [5, 5.41) is 0. The number of nitrogens with zero attached hydrogens (tertiary/aromatic N) is 1. The highest BCUT2D eigenvalue weighted by atomic mass is 79.9. The summed E-state index contributed by atoms with van der Waals surface area (Å²) in [6.07, 6.45) is 10.4. The van der Waals surface area contributed by atoms with Crippen molar-refractivity contribution in [2.24, 2.45) is 17.6 Å². The summed E-state index contributed by atoms with van der Waals surface area (Å²) >= 11 is 3.69. The molecule has 0 amide bonds. The monoisotopic (exact) mass is 408 g/mol. The molecule has 0 aromatic heterocycles. The maximum Gasteiger partial charge on any atom is 0.119 e. The van der Waals surface area contributed by atoms with Gasteiger partial charge in [-0.2, -0.15) is 0 Å². The topological polar surface area (TPSA) is 38.5 Å². The van der Waals surface area contributed by atoms with Crippen LogP contribution in [0.5, 0.6) is 5.75 Å². The lowest BCUT2D eigenvalue weighted by atomic mass is 9.84. The molecular weight excluding hydrogens is 376 g/mol. The fourth-order valence-electron chi connectivity index (χ4n) is 4.51. The number of likely N-dealkylation sites (tertiary alicyclic amines) is 1. The van der Waals surface area contributed by atoms with E-state index in [4.69, 9.17) is 10.5 Å². The molecule has 140 valence electrons. The Morgan fingerprint density at radius 3 is 2.72 bits per heavy atom. The van der Waals surface area contributed by atoms with Gasteiger partial charge in [0.15, 0.2) is 0 Å². The highest BCUT2D eigenvalue weighted by Gasteiger charge is 2.24. The summed E-state index contributed by atoms with van der Waals surface area (Å²) in [6.45, 7) is 3.79. The van der Waals surface area contributed by atoms with E-state index in [0.717, 1.165) is 24.0 Å². The number of benzene rings is 1. The Bertz CT molecular complexity index is 543. The van der Waals surface area contributed by atoms with Gasteiger partial charge in [0, 0.05) is 17.1 Å². The molecule has 3 nitrogen and oxygen atoms in total. The van der Waals surface area contributed by atoms with E-state index in [2.05, 4.69) is 33.0 Å². The predicted molar refractivity (Wildman–Crippen MR) is 108 cm³/mol. The highest BCUT2D eigenvalue weighted by Crippen LogP contribution is 2.30. The smallest absolute Gasteiger partial charge is 0.119 e. The Morgan fingerprint density at radius 2 is 1.96 bits per heavy atom. The predicted octanol–water partition coefficient (Wildman–Crippen LogP) is 4.62. The van der Waals surface area contributed by atoms with Crippen molar-refractivity contribution < 1.29 is 4.74 Å². The summed E-state index contributed by atoms with van der Waals surface area (Å²) in [7, 11) is 1.74. The van der Waals surface area contributed by atoms with Crippen molar-refractivity contribution in [1.82, 2.24) is 4.90 Å². The second-order valence-electron chi connectivity index (χ2n) is 8.04. The van der Waals surface area contributed by atoms with E-state index in [0.29, 0.717) is 6.04 Å². The highest BCUT2D eigenvalue weighted by molar-refractivity contribution is 9.10. The number of methoxy groups -OCH3 is 1. The van der Waals surface area contributed by atoms with Crippen LogP contribution >= 0.6 is 15.9 Å². The number of rotatable bonds is 7. The molecule has 0 spiro atoms. The summed E-state index contributed by atoms with van der Waals surface area (Å²) in [5.41, 5.74) is 7.39. The van der Waals surface area contributed by atoms with Gasteiger partial charge in [0.05, 0.1) is 7.11 Å². The standard InChI is InChI=1S/C21H33BrN2O/c1-25-20-8-9-21(22)18(14-20)13-17-10-12-24(15-17)11-2-3-16-4-6-19(23)7-5-16/h8-9,14,16-17,19H,2-7,10-13,15,23H2,1H3/t16-,17?,19+. The van der Waals surface area contributed by atoms with E-state index in [1.165, 1.54) is 74.6 Å². The Hall–Kier alpha value is -0.580. The van der Waals surface area contributed by atoms with E-state index >= 15 is 0 Å². The van der Waals surface area contributed by atoms with Crippen LogP contribution in [0.15, 0.2) is 22.7 Å². The number of nitrogens with two attached hydrogens (primary N) is 1. The van der Waals surface area contributed by atoms with Crippen molar-refractivity contribution >= 4 is 15.9 Å². The van der Waals surface area contributed by atoms with Crippen LogP contribution in [0.1, 0.15) is 50.5 Å². The molecule has 1 heterocycles. The Labute approximate surface area is 161 Å². The molecule has 25 heavy (non-hydrogen) atoms. The molecule has 1 aromatic rings. The van der Waals surface area contributed by atoms with Crippen molar-refractivity contribution in [3.05, 3.63) is 28.2 Å². The lowest BCUT2D eigenvalue weighted by Crippen LogP contribution is -2.27. The number of ether oxygens (including phenoxy) is 1. The van der Waals surface area contributed by atoms with Gasteiger partial charge in [-0.05, 0) is 100 Å². The minimum Gasteiger partial charge on any atom is -0.497 e. The van der Waals surface area contributed by atoms with Gasteiger partial charge >= 0.3 is 0 Å². The van der Waals surface area contributed by atoms with E-state index in [9.17, 15) is 0 Å². The Balaban J connectivity index is 1.38. The van der Waals surface area contributed by atoms with Crippen molar-refractivity contribution in [1.29, 1.82) is 0 Å². The van der Waals surface area contributed by atoms with Crippen LogP contribution in [-0.4, -0.2) is 37.7 Å². The van der Waals surface area contributed by atoms with Gasteiger partial charge in [0.1, 0.15) is 5.75 Å². The molecule has 1 aromatic carbocycles. The third kappa shape index (κ3) is 5.70. The summed E-state index contributed by atoms with van der Waals surface area (Å²) in [4.78, 5) is 2.67. The van der Waals surface area contributed by atoms with E-state index < -0.39 is 0 Å². The van der Waals surface area contributed by atoms with Crippen molar-refractivity contribution in [3.63, 3.8) is 0 Å².